The van der Waals surface area contributed by atoms with Gasteiger partial charge in [-0.05, 0) is 41.1 Å². The van der Waals surface area contributed by atoms with Gasteiger partial charge < -0.3 is 14.3 Å². The molecule has 0 saturated carbocycles. The summed E-state index contributed by atoms with van der Waals surface area (Å²) in [6.07, 6.45) is 2.93. The zero-order valence-corrected chi connectivity index (χ0v) is 18.4. The molecule has 0 fully saturated rings. The van der Waals surface area contributed by atoms with Gasteiger partial charge in [-0.1, -0.05) is 74.4 Å². The van der Waals surface area contributed by atoms with E-state index in [2.05, 4.69) is 74.4 Å². The molecule has 2 N–H and O–H groups in total. The van der Waals surface area contributed by atoms with Crippen LogP contribution in [0.3, 0.4) is 0 Å². The van der Waals surface area contributed by atoms with Gasteiger partial charge in [0.25, 0.3) is 0 Å². The Balaban J connectivity index is 3.88. The molecule has 0 spiro atoms. The fourth-order valence-corrected chi connectivity index (χ4v) is 3.15. The first kappa shape index (κ1) is 22.4. The van der Waals surface area contributed by atoms with E-state index in [-0.39, 0.29) is 16.2 Å². The summed E-state index contributed by atoms with van der Waals surface area (Å²) in [4.78, 5) is 19.2. The first-order chi connectivity index (χ1) is 11.3. The fourth-order valence-electron chi connectivity index (χ4n) is 2.79. The first-order valence-electron chi connectivity index (χ1n) is 9.37. The highest BCUT2D eigenvalue weighted by Crippen LogP contribution is 2.48. The minimum atomic E-state index is -2.45. The van der Waals surface area contributed by atoms with Crippen LogP contribution in [-0.4, -0.2) is 9.79 Å². The molecule has 0 aliphatic carbocycles. The van der Waals surface area contributed by atoms with Gasteiger partial charge in [0, 0.05) is 11.1 Å². The van der Waals surface area contributed by atoms with Crippen molar-refractivity contribution >= 4 is 8.60 Å². The van der Waals surface area contributed by atoms with Crippen molar-refractivity contribution in [1.29, 1.82) is 0 Å². The topological polar surface area (TPSA) is 49.7 Å². The molecule has 0 heterocycles. The molecule has 0 aliphatic rings. The maximum atomic E-state index is 9.61. The van der Waals surface area contributed by atoms with E-state index in [4.69, 9.17) is 4.52 Å². The second-order valence-electron chi connectivity index (χ2n) is 8.96. The molecule has 1 rings (SSSR count). The quantitative estimate of drug-likeness (QED) is 0.526. The smallest absolute Gasteiger partial charge is 0.391 e. The summed E-state index contributed by atoms with van der Waals surface area (Å²) >= 11 is 0. The maximum Gasteiger partial charge on any atom is 0.391 e. The average Bonchev–Trinajstić information content (AvgIpc) is 2.53. The van der Waals surface area contributed by atoms with Crippen molar-refractivity contribution in [2.24, 2.45) is 0 Å². The van der Waals surface area contributed by atoms with Gasteiger partial charge in [0.15, 0.2) is 0 Å². The van der Waals surface area contributed by atoms with Gasteiger partial charge in [0.1, 0.15) is 5.75 Å². The van der Waals surface area contributed by atoms with E-state index in [1.54, 1.807) is 0 Å². The summed E-state index contributed by atoms with van der Waals surface area (Å²) in [5.41, 5.74) is 3.26. The molecule has 0 radical (unpaired) electrons. The van der Waals surface area contributed by atoms with E-state index in [0.717, 1.165) is 30.4 Å². The molecule has 144 valence electrons. The van der Waals surface area contributed by atoms with Crippen LogP contribution in [0.5, 0.6) is 5.75 Å². The average molecular weight is 368 g/mol. The highest BCUT2D eigenvalue weighted by Gasteiger charge is 2.34. The van der Waals surface area contributed by atoms with Crippen molar-refractivity contribution in [1.82, 2.24) is 0 Å². The second kappa shape index (κ2) is 7.94. The van der Waals surface area contributed by atoms with Crippen LogP contribution in [-0.2, 0) is 16.2 Å². The zero-order chi connectivity index (χ0) is 19.6. The lowest BCUT2D eigenvalue weighted by Crippen LogP contribution is -2.25. The van der Waals surface area contributed by atoms with Crippen LogP contribution in [0.2, 0.25) is 0 Å². The Bertz CT molecular complexity index is 552. The molecule has 0 atom stereocenters. The minimum absolute atomic E-state index is 0.0544. The van der Waals surface area contributed by atoms with Gasteiger partial charge in [0.05, 0.1) is 0 Å². The van der Waals surface area contributed by atoms with Crippen LogP contribution in [0, 0.1) is 0 Å². The number of rotatable bonds is 8. The summed E-state index contributed by atoms with van der Waals surface area (Å²) in [5, 5.41) is 0. The Morgan fingerprint density at radius 1 is 0.760 bits per heavy atom. The lowest BCUT2D eigenvalue weighted by Gasteiger charge is -2.35. The van der Waals surface area contributed by atoms with E-state index in [0.29, 0.717) is 5.75 Å². The van der Waals surface area contributed by atoms with Crippen LogP contribution >= 0.6 is 8.60 Å². The molecule has 0 unspecified atom stereocenters. The first-order valence-corrected chi connectivity index (χ1v) is 10.5. The molecule has 0 amide bonds. The van der Waals surface area contributed by atoms with Crippen molar-refractivity contribution in [2.45, 2.75) is 97.8 Å². The van der Waals surface area contributed by atoms with Crippen LogP contribution in [0.25, 0.3) is 0 Å². The third kappa shape index (κ3) is 4.96. The standard InChI is InChI=1S/C21H37O3P/c1-10-19(4,5)15-13-16(20(6,7)11-2)18(24-25(22)23)17(14-15)21(8,9)12-3/h13-14,22-23H,10-12H2,1-9H3. The highest BCUT2D eigenvalue weighted by atomic mass is 31.2. The van der Waals surface area contributed by atoms with Crippen molar-refractivity contribution in [3.8, 4) is 5.75 Å². The van der Waals surface area contributed by atoms with Crippen molar-refractivity contribution in [3.63, 3.8) is 0 Å². The number of benzene rings is 1. The predicted octanol–water partition coefficient (Wildman–Crippen LogP) is 6.34. The molecule has 0 bridgehead atoms. The lowest BCUT2D eigenvalue weighted by molar-refractivity contribution is 0.357. The Kier molecular flexibility index (Phi) is 7.12. The molecule has 0 aliphatic heterocycles. The summed E-state index contributed by atoms with van der Waals surface area (Å²) in [6.45, 7) is 19.8. The Hall–Kier alpha value is -0.630. The highest BCUT2D eigenvalue weighted by molar-refractivity contribution is 7.39. The minimum Gasteiger partial charge on any atom is -0.426 e. The maximum absolute atomic E-state index is 9.61. The largest absolute Gasteiger partial charge is 0.426 e. The van der Waals surface area contributed by atoms with Gasteiger partial charge in [-0.2, -0.15) is 0 Å². The lowest BCUT2D eigenvalue weighted by atomic mass is 9.71. The number of hydrogen-bond donors (Lipinski definition) is 2. The second-order valence-corrected chi connectivity index (χ2v) is 9.64. The van der Waals surface area contributed by atoms with Crippen LogP contribution < -0.4 is 4.52 Å². The molecule has 25 heavy (non-hydrogen) atoms. The van der Waals surface area contributed by atoms with Gasteiger partial charge >= 0.3 is 8.60 Å². The van der Waals surface area contributed by atoms with Crippen molar-refractivity contribution in [2.75, 3.05) is 0 Å². The molecular formula is C21H37O3P. The SMILES string of the molecule is CCC(C)(C)c1cc(C(C)(C)CC)c(OP(O)O)c(C(C)(C)CC)c1. The monoisotopic (exact) mass is 368 g/mol. The Labute approximate surface area is 155 Å². The zero-order valence-electron chi connectivity index (χ0n) is 17.5. The molecule has 1 aromatic carbocycles. The van der Waals surface area contributed by atoms with Gasteiger partial charge in [-0.3, -0.25) is 0 Å². The van der Waals surface area contributed by atoms with Crippen LogP contribution in [0.4, 0.5) is 0 Å². The summed E-state index contributed by atoms with van der Waals surface area (Å²) in [5.74, 6) is 0.658. The summed E-state index contributed by atoms with van der Waals surface area (Å²) in [7, 11) is -2.45. The Morgan fingerprint density at radius 3 is 1.40 bits per heavy atom. The molecule has 4 heteroatoms. The third-order valence-corrected chi connectivity index (χ3v) is 6.50. The van der Waals surface area contributed by atoms with Crippen molar-refractivity contribution < 1.29 is 14.3 Å². The Morgan fingerprint density at radius 2 is 1.12 bits per heavy atom. The molecule has 1 aromatic rings. The van der Waals surface area contributed by atoms with Gasteiger partial charge in [-0.15, -0.1) is 0 Å². The van der Waals surface area contributed by atoms with Gasteiger partial charge in [-0.25, -0.2) is 0 Å². The molecule has 0 aromatic heterocycles. The van der Waals surface area contributed by atoms with E-state index < -0.39 is 8.60 Å². The molecular weight excluding hydrogens is 331 g/mol. The third-order valence-electron chi connectivity index (χ3n) is 6.15. The van der Waals surface area contributed by atoms with Gasteiger partial charge in [0.2, 0.25) is 0 Å². The van der Waals surface area contributed by atoms with E-state index in [1.165, 1.54) is 5.56 Å². The van der Waals surface area contributed by atoms with E-state index in [9.17, 15) is 9.79 Å². The summed E-state index contributed by atoms with van der Waals surface area (Å²) < 4.78 is 5.63. The van der Waals surface area contributed by atoms with Crippen LogP contribution in [0.1, 0.15) is 98.3 Å². The van der Waals surface area contributed by atoms with Crippen molar-refractivity contribution in [3.05, 3.63) is 28.8 Å². The predicted molar refractivity (Wildman–Crippen MR) is 108 cm³/mol. The summed E-state index contributed by atoms with van der Waals surface area (Å²) in [6, 6.07) is 4.44. The molecule has 3 nitrogen and oxygen atoms in total. The number of hydrogen-bond acceptors (Lipinski definition) is 3. The van der Waals surface area contributed by atoms with E-state index in [1.807, 2.05) is 0 Å². The molecule has 0 saturated heterocycles. The normalized spacial score (nSPS) is 13.4. The fraction of sp³-hybridized carbons (Fsp3) is 0.714. The van der Waals surface area contributed by atoms with E-state index >= 15 is 0 Å². The van der Waals surface area contributed by atoms with Crippen LogP contribution in [0.15, 0.2) is 12.1 Å².